The summed E-state index contributed by atoms with van der Waals surface area (Å²) < 4.78 is 10.5. The predicted molar refractivity (Wildman–Crippen MR) is 88.9 cm³/mol. The van der Waals surface area contributed by atoms with E-state index >= 15 is 0 Å². The van der Waals surface area contributed by atoms with Gasteiger partial charge in [-0.15, -0.1) is 12.4 Å². The average Bonchev–Trinajstić information content (AvgIpc) is 2.53. The summed E-state index contributed by atoms with van der Waals surface area (Å²) in [6.45, 7) is 2.56. The Labute approximate surface area is 138 Å². The number of piperidine rings is 1. The lowest BCUT2D eigenvalue weighted by Crippen LogP contribution is -2.32. The second-order valence-corrected chi connectivity index (χ2v) is 5.36. The summed E-state index contributed by atoms with van der Waals surface area (Å²) in [6.07, 6.45) is 2.79. The summed E-state index contributed by atoms with van der Waals surface area (Å²) in [5, 5.41) is 6.29. The van der Waals surface area contributed by atoms with Crippen LogP contribution < -0.4 is 20.1 Å². The molecule has 1 saturated heterocycles. The van der Waals surface area contributed by atoms with Gasteiger partial charge in [-0.1, -0.05) is 6.07 Å². The molecule has 0 unspecified atom stereocenters. The van der Waals surface area contributed by atoms with Crippen molar-refractivity contribution < 1.29 is 14.3 Å². The second kappa shape index (κ2) is 9.54. The first-order valence-electron chi connectivity index (χ1n) is 7.41. The molecule has 22 heavy (non-hydrogen) atoms. The number of hydrogen-bond acceptors (Lipinski definition) is 4. The third-order valence-electron chi connectivity index (χ3n) is 3.87. The third-order valence-corrected chi connectivity index (χ3v) is 3.87. The molecule has 6 heteroatoms. The zero-order valence-electron chi connectivity index (χ0n) is 13.2. The van der Waals surface area contributed by atoms with Crippen molar-refractivity contribution in [3.63, 3.8) is 0 Å². The van der Waals surface area contributed by atoms with Crippen LogP contribution in [-0.4, -0.2) is 33.2 Å². The number of benzene rings is 1. The number of carbonyl (C=O) groups excluding carboxylic acids is 1. The number of halogens is 1. The third kappa shape index (κ3) is 5.39. The number of ether oxygens (including phenoxy) is 2. The Morgan fingerprint density at radius 3 is 2.55 bits per heavy atom. The van der Waals surface area contributed by atoms with Gasteiger partial charge in [0, 0.05) is 13.0 Å². The normalized spacial score (nSPS) is 14.8. The van der Waals surface area contributed by atoms with Gasteiger partial charge in [-0.05, 0) is 49.5 Å². The van der Waals surface area contributed by atoms with Crippen LogP contribution in [0.3, 0.4) is 0 Å². The van der Waals surface area contributed by atoms with Gasteiger partial charge in [-0.3, -0.25) is 4.79 Å². The molecule has 1 aromatic rings. The molecule has 1 aromatic carbocycles. The molecule has 0 aromatic heterocycles. The zero-order chi connectivity index (χ0) is 15.1. The molecule has 0 atom stereocenters. The van der Waals surface area contributed by atoms with Crippen LogP contribution in [0.2, 0.25) is 0 Å². The maximum Gasteiger partial charge on any atom is 0.220 e. The van der Waals surface area contributed by atoms with Crippen LogP contribution in [0.1, 0.15) is 24.8 Å². The molecule has 1 fully saturated rings. The second-order valence-electron chi connectivity index (χ2n) is 5.36. The number of rotatable bonds is 6. The standard InChI is InChI=1S/C16H24N2O3.ClH/c1-20-14-4-3-13(9-15(14)21-2)11-18-16(19)10-12-5-7-17-8-6-12;/h3-4,9,12,17H,5-8,10-11H2,1-2H3,(H,18,19);1H. The van der Waals surface area contributed by atoms with Crippen molar-refractivity contribution in [2.75, 3.05) is 27.3 Å². The Balaban J connectivity index is 0.00000242. The summed E-state index contributed by atoms with van der Waals surface area (Å²) in [5.41, 5.74) is 1.01. The summed E-state index contributed by atoms with van der Waals surface area (Å²) in [4.78, 5) is 12.0. The van der Waals surface area contributed by atoms with Gasteiger partial charge in [-0.25, -0.2) is 0 Å². The molecule has 1 amide bonds. The van der Waals surface area contributed by atoms with Gasteiger partial charge in [0.1, 0.15) is 0 Å². The lowest BCUT2D eigenvalue weighted by molar-refractivity contribution is -0.122. The highest BCUT2D eigenvalue weighted by Crippen LogP contribution is 2.27. The van der Waals surface area contributed by atoms with Crippen molar-refractivity contribution in [1.82, 2.24) is 10.6 Å². The van der Waals surface area contributed by atoms with Crippen molar-refractivity contribution in [3.8, 4) is 11.5 Å². The molecular formula is C16H25ClN2O3. The van der Waals surface area contributed by atoms with Gasteiger partial charge < -0.3 is 20.1 Å². The highest BCUT2D eigenvalue weighted by atomic mass is 35.5. The maximum atomic E-state index is 12.0. The lowest BCUT2D eigenvalue weighted by atomic mass is 9.94. The predicted octanol–water partition coefficient (Wildman–Crippen LogP) is 2.13. The molecular weight excluding hydrogens is 304 g/mol. The van der Waals surface area contributed by atoms with Crippen molar-refractivity contribution >= 4 is 18.3 Å². The van der Waals surface area contributed by atoms with Gasteiger partial charge in [0.05, 0.1) is 14.2 Å². The van der Waals surface area contributed by atoms with Crippen LogP contribution in [0.15, 0.2) is 18.2 Å². The summed E-state index contributed by atoms with van der Waals surface area (Å²) in [7, 11) is 3.22. The highest BCUT2D eigenvalue weighted by Gasteiger charge is 2.16. The van der Waals surface area contributed by atoms with E-state index in [4.69, 9.17) is 9.47 Å². The van der Waals surface area contributed by atoms with E-state index in [1.54, 1.807) is 14.2 Å². The molecule has 0 aliphatic carbocycles. The van der Waals surface area contributed by atoms with Crippen LogP contribution >= 0.6 is 12.4 Å². The van der Waals surface area contributed by atoms with Gasteiger partial charge in [0.15, 0.2) is 11.5 Å². The van der Waals surface area contributed by atoms with E-state index < -0.39 is 0 Å². The Kier molecular flexibility index (Phi) is 8.06. The Morgan fingerprint density at radius 2 is 1.91 bits per heavy atom. The van der Waals surface area contributed by atoms with E-state index in [1.807, 2.05) is 18.2 Å². The Bertz CT molecular complexity index is 476. The maximum absolute atomic E-state index is 12.0. The molecule has 2 rings (SSSR count). The fourth-order valence-corrected chi connectivity index (χ4v) is 2.61. The van der Waals surface area contributed by atoms with Crippen molar-refractivity contribution in [2.45, 2.75) is 25.8 Å². The zero-order valence-corrected chi connectivity index (χ0v) is 14.0. The number of amides is 1. The van der Waals surface area contributed by atoms with Gasteiger partial charge >= 0.3 is 0 Å². The van der Waals surface area contributed by atoms with Crippen LogP contribution in [0.5, 0.6) is 11.5 Å². The smallest absolute Gasteiger partial charge is 0.220 e. The summed E-state index contributed by atoms with van der Waals surface area (Å²) in [6, 6.07) is 5.68. The monoisotopic (exact) mass is 328 g/mol. The van der Waals surface area contributed by atoms with Crippen molar-refractivity contribution in [2.24, 2.45) is 5.92 Å². The Hall–Kier alpha value is -1.46. The minimum absolute atomic E-state index is 0. The van der Waals surface area contributed by atoms with Crippen LogP contribution in [0.4, 0.5) is 0 Å². The average molecular weight is 329 g/mol. The summed E-state index contributed by atoms with van der Waals surface area (Å²) >= 11 is 0. The van der Waals surface area contributed by atoms with E-state index in [0.717, 1.165) is 31.5 Å². The van der Waals surface area contributed by atoms with E-state index in [0.29, 0.717) is 30.4 Å². The number of methoxy groups -OCH3 is 2. The van der Waals surface area contributed by atoms with Crippen LogP contribution in [0.25, 0.3) is 0 Å². The quantitative estimate of drug-likeness (QED) is 0.840. The lowest BCUT2D eigenvalue weighted by Gasteiger charge is -2.21. The molecule has 2 N–H and O–H groups in total. The minimum atomic E-state index is 0. The van der Waals surface area contributed by atoms with E-state index in [9.17, 15) is 4.79 Å². The van der Waals surface area contributed by atoms with Crippen LogP contribution in [-0.2, 0) is 11.3 Å². The molecule has 5 nitrogen and oxygen atoms in total. The molecule has 1 aliphatic heterocycles. The molecule has 1 aliphatic rings. The van der Waals surface area contributed by atoms with Crippen LogP contribution in [0, 0.1) is 5.92 Å². The molecule has 0 saturated carbocycles. The summed E-state index contributed by atoms with van der Waals surface area (Å²) in [5.74, 6) is 2.01. The first-order valence-corrected chi connectivity index (χ1v) is 7.41. The SMILES string of the molecule is COc1ccc(CNC(=O)CC2CCNCC2)cc1OC.Cl. The number of nitrogens with one attached hydrogen (secondary N) is 2. The van der Waals surface area contributed by atoms with E-state index in [-0.39, 0.29) is 18.3 Å². The van der Waals surface area contributed by atoms with Crippen molar-refractivity contribution in [1.29, 1.82) is 0 Å². The first-order chi connectivity index (χ1) is 10.2. The largest absolute Gasteiger partial charge is 0.493 e. The van der Waals surface area contributed by atoms with Gasteiger partial charge in [-0.2, -0.15) is 0 Å². The highest BCUT2D eigenvalue weighted by molar-refractivity contribution is 5.85. The molecule has 124 valence electrons. The minimum Gasteiger partial charge on any atom is -0.493 e. The number of carbonyl (C=O) groups is 1. The topological polar surface area (TPSA) is 59.6 Å². The first kappa shape index (κ1) is 18.6. The fourth-order valence-electron chi connectivity index (χ4n) is 2.61. The van der Waals surface area contributed by atoms with Gasteiger partial charge in [0.25, 0.3) is 0 Å². The molecule has 0 bridgehead atoms. The van der Waals surface area contributed by atoms with E-state index in [1.165, 1.54) is 0 Å². The molecule has 0 radical (unpaired) electrons. The van der Waals surface area contributed by atoms with Crippen molar-refractivity contribution in [3.05, 3.63) is 23.8 Å². The number of hydrogen-bond donors (Lipinski definition) is 2. The van der Waals surface area contributed by atoms with Gasteiger partial charge in [0.2, 0.25) is 5.91 Å². The van der Waals surface area contributed by atoms with E-state index in [2.05, 4.69) is 10.6 Å². The Morgan fingerprint density at radius 1 is 1.23 bits per heavy atom. The fraction of sp³-hybridized carbons (Fsp3) is 0.562. The molecule has 1 heterocycles. The molecule has 0 spiro atoms.